The first-order valence-corrected chi connectivity index (χ1v) is 9.66. The predicted octanol–water partition coefficient (Wildman–Crippen LogP) is 3.38. The lowest BCUT2D eigenvalue weighted by Gasteiger charge is -2.22. The van der Waals surface area contributed by atoms with E-state index in [1.165, 1.54) is 0 Å². The summed E-state index contributed by atoms with van der Waals surface area (Å²) < 4.78 is 11.6. The number of fused-ring (bicyclic) bond motifs is 1. The molecule has 0 radical (unpaired) electrons. The maximum atomic E-state index is 12.1. The van der Waals surface area contributed by atoms with E-state index in [0.29, 0.717) is 28.2 Å². The van der Waals surface area contributed by atoms with E-state index in [1.54, 1.807) is 24.3 Å². The number of nitrogens with zero attached hydrogens (tertiary/aromatic N) is 2. The number of rotatable bonds is 5. The van der Waals surface area contributed by atoms with Gasteiger partial charge in [-0.25, -0.2) is 4.98 Å². The molecule has 0 bridgehead atoms. The normalized spacial score (nSPS) is 14.6. The van der Waals surface area contributed by atoms with Gasteiger partial charge in [0.1, 0.15) is 12.1 Å². The van der Waals surface area contributed by atoms with Crippen molar-refractivity contribution in [1.82, 2.24) is 10.3 Å². The van der Waals surface area contributed by atoms with Gasteiger partial charge < -0.3 is 19.8 Å². The summed E-state index contributed by atoms with van der Waals surface area (Å²) in [7, 11) is 0. The molecule has 3 aromatic rings. The molecule has 0 spiro atoms. The Morgan fingerprint density at radius 1 is 1.31 bits per heavy atom. The van der Waals surface area contributed by atoms with Crippen LogP contribution in [0.2, 0.25) is 0 Å². The summed E-state index contributed by atoms with van der Waals surface area (Å²) >= 11 is 0. The van der Waals surface area contributed by atoms with Crippen LogP contribution < -0.4 is 10.6 Å². The molecule has 0 atom stereocenters. The third-order valence-corrected chi connectivity index (χ3v) is 4.96. The van der Waals surface area contributed by atoms with E-state index in [1.807, 2.05) is 19.1 Å². The molecule has 0 aliphatic carbocycles. The Hall–Kier alpha value is -3.21. The van der Waals surface area contributed by atoms with Gasteiger partial charge in [0, 0.05) is 11.3 Å². The Morgan fingerprint density at radius 3 is 2.79 bits per heavy atom. The highest BCUT2D eigenvalue weighted by Gasteiger charge is 2.15. The van der Waals surface area contributed by atoms with Gasteiger partial charge in [0.25, 0.3) is 0 Å². The van der Waals surface area contributed by atoms with Gasteiger partial charge in [0.05, 0.1) is 17.7 Å². The summed E-state index contributed by atoms with van der Waals surface area (Å²) in [5, 5.41) is 15.2. The average molecular weight is 390 g/mol. The molecule has 1 aliphatic rings. The van der Waals surface area contributed by atoms with Crippen LogP contribution in [0.15, 0.2) is 40.8 Å². The summed E-state index contributed by atoms with van der Waals surface area (Å²) in [5.74, 6) is 0.308. The number of nitrogens with one attached hydrogen (secondary N) is 2. The molecule has 7 heteroatoms. The minimum atomic E-state index is -0.169. The largest absolute Gasteiger partial charge is 0.436 e. The molecule has 7 nitrogen and oxygen atoms in total. The molecule has 2 N–H and O–H groups in total. The maximum Gasteiger partial charge on any atom is 0.250 e. The Morgan fingerprint density at radius 2 is 2.07 bits per heavy atom. The molecule has 1 amide bonds. The molecule has 148 valence electrons. The fourth-order valence-corrected chi connectivity index (χ4v) is 3.44. The smallest absolute Gasteiger partial charge is 0.250 e. The summed E-state index contributed by atoms with van der Waals surface area (Å²) in [5.41, 5.74) is 4.24. The number of nitriles is 1. The van der Waals surface area contributed by atoms with Gasteiger partial charge in [-0.3, -0.25) is 4.79 Å². The number of hydrogen-bond donors (Lipinski definition) is 2. The second-order valence-corrected chi connectivity index (χ2v) is 7.16. The topological polar surface area (TPSA) is 100 Å². The molecule has 1 aromatic heterocycles. The summed E-state index contributed by atoms with van der Waals surface area (Å²) in [4.78, 5) is 16.6. The number of aromatic nitrogens is 1. The van der Waals surface area contributed by atoms with E-state index in [2.05, 4.69) is 21.7 Å². The highest BCUT2D eigenvalue weighted by molar-refractivity contribution is 5.92. The third-order valence-electron chi connectivity index (χ3n) is 4.96. The fourth-order valence-electron chi connectivity index (χ4n) is 3.44. The Labute approximate surface area is 168 Å². The third kappa shape index (κ3) is 4.45. The predicted molar refractivity (Wildman–Crippen MR) is 109 cm³/mol. The van der Waals surface area contributed by atoms with Crippen LogP contribution >= 0.6 is 0 Å². The summed E-state index contributed by atoms with van der Waals surface area (Å²) in [6, 6.07) is 12.9. The SMILES string of the molecule is Cc1cc(C#N)cc2nc(-c3ccc(NC(=O)COC4CCNCC4)cc3)oc12. The van der Waals surface area contributed by atoms with Crippen LogP contribution in [0.4, 0.5) is 5.69 Å². The van der Waals surface area contributed by atoms with Crippen molar-refractivity contribution in [1.29, 1.82) is 5.26 Å². The van der Waals surface area contributed by atoms with Crippen molar-refractivity contribution in [3.63, 3.8) is 0 Å². The molecule has 29 heavy (non-hydrogen) atoms. The molecular formula is C22H22N4O3. The van der Waals surface area contributed by atoms with E-state index in [0.717, 1.165) is 37.1 Å². The number of amides is 1. The van der Waals surface area contributed by atoms with Crippen LogP contribution in [0.3, 0.4) is 0 Å². The van der Waals surface area contributed by atoms with Gasteiger partial charge in [-0.05, 0) is 74.8 Å². The molecule has 1 aliphatic heterocycles. The van der Waals surface area contributed by atoms with Crippen molar-refractivity contribution in [3.05, 3.63) is 47.5 Å². The van der Waals surface area contributed by atoms with Gasteiger partial charge >= 0.3 is 0 Å². The van der Waals surface area contributed by atoms with Crippen LogP contribution in [-0.2, 0) is 9.53 Å². The Kier molecular flexibility index (Phi) is 5.56. The number of carbonyl (C=O) groups excluding carboxylic acids is 1. The van der Waals surface area contributed by atoms with Gasteiger partial charge in [-0.15, -0.1) is 0 Å². The first-order valence-electron chi connectivity index (χ1n) is 9.66. The zero-order valence-electron chi connectivity index (χ0n) is 16.2. The molecule has 1 saturated heterocycles. The summed E-state index contributed by atoms with van der Waals surface area (Å²) in [6.45, 7) is 3.81. The second-order valence-electron chi connectivity index (χ2n) is 7.16. The number of hydrogen-bond acceptors (Lipinski definition) is 6. The van der Waals surface area contributed by atoms with Crippen molar-refractivity contribution in [2.75, 3.05) is 25.0 Å². The zero-order valence-corrected chi connectivity index (χ0v) is 16.2. The zero-order chi connectivity index (χ0) is 20.2. The standard InChI is InChI=1S/C22H22N4O3/c1-14-10-15(12-23)11-19-21(14)29-22(26-19)16-2-4-17(5-3-16)25-20(27)13-28-18-6-8-24-9-7-18/h2-5,10-11,18,24H,6-9,13H2,1H3,(H,25,27). The Bertz CT molecular complexity index is 1060. The molecule has 0 unspecified atom stereocenters. The monoisotopic (exact) mass is 390 g/mol. The Balaban J connectivity index is 1.41. The van der Waals surface area contributed by atoms with Crippen molar-refractivity contribution in [2.45, 2.75) is 25.9 Å². The second kappa shape index (κ2) is 8.43. The number of carbonyl (C=O) groups is 1. The number of oxazole rings is 1. The fraction of sp³-hybridized carbons (Fsp3) is 0.318. The maximum absolute atomic E-state index is 12.1. The van der Waals surface area contributed by atoms with Crippen LogP contribution in [0, 0.1) is 18.3 Å². The molecule has 4 rings (SSSR count). The van der Waals surface area contributed by atoms with Crippen molar-refractivity contribution >= 4 is 22.7 Å². The van der Waals surface area contributed by atoms with Crippen molar-refractivity contribution in [2.24, 2.45) is 0 Å². The van der Waals surface area contributed by atoms with Crippen molar-refractivity contribution < 1.29 is 13.9 Å². The first kappa shape index (κ1) is 19.1. The minimum Gasteiger partial charge on any atom is -0.436 e. The van der Waals surface area contributed by atoms with E-state index >= 15 is 0 Å². The number of benzene rings is 2. The van der Waals surface area contributed by atoms with Gasteiger partial charge in [0.15, 0.2) is 5.58 Å². The lowest BCUT2D eigenvalue weighted by molar-refractivity contribution is -0.123. The number of aryl methyl sites for hydroxylation is 1. The highest BCUT2D eigenvalue weighted by atomic mass is 16.5. The van der Waals surface area contributed by atoms with Crippen LogP contribution in [-0.4, -0.2) is 36.7 Å². The average Bonchev–Trinajstić information content (AvgIpc) is 3.18. The number of piperidine rings is 1. The van der Waals surface area contributed by atoms with Gasteiger partial charge in [-0.2, -0.15) is 5.26 Å². The first-order chi connectivity index (χ1) is 14.1. The quantitative estimate of drug-likeness (QED) is 0.693. The molecule has 2 aromatic carbocycles. The van der Waals surface area contributed by atoms with E-state index in [4.69, 9.17) is 14.4 Å². The molecule has 0 saturated carbocycles. The van der Waals surface area contributed by atoms with E-state index in [9.17, 15) is 4.79 Å². The van der Waals surface area contributed by atoms with Gasteiger partial charge in [-0.1, -0.05) is 0 Å². The van der Waals surface area contributed by atoms with E-state index < -0.39 is 0 Å². The van der Waals surface area contributed by atoms with E-state index in [-0.39, 0.29) is 18.6 Å². The number of ether oxygens (including phenoxy) is 1. The van der Waals surface area contributed by atoms with Crippen LogP contribution in [0.5, 0.6) is 0 Å². The molecule has 1 fully saturated rings. The number of anilines is 1. The van der Waals surface area contributed by atoms with Gasteiger partial charge in [0.2, 0.25) is 11.8 Å². The lowest BCUT2D eigenvalue weighted by Crippen LogP contribution is -2.34. The van der Waals surface area contributed by atoms with Crippen molar-refractivity contribution in [3.8, 4) is 17.5 Å². The highest BCUT2D eigenvalue weighted by Crippen LogP contribution is 2.28. The van der Waals surface area contributed by atoms with Crippen LogP contribution in [0.25, 0.3) is 22.6 Å². The lowest BCUT2D eigenvalue weighted by atomic mass is 10.1. The summed E-state index contributed by atoms with van der Waals surface area (Å²) in [6.07, 6.45) is 2.01. The molecular weight excluding hydrogens is 368 g/mol. The minimum absolute atomic E-state index is 0.0536. The molecule has 2 heterocycles. The van der Waals surface area contributed by atoms with Crippen LogP contribution in [0.1, 0.15) is 24.0 Å².